The number of nitrogens with zero attached hydrogens (tertiary/aromatic N) is 2. The maximum atomic E-state index is 4.47. The van der Waals surface area contributed by atoms with Crippen LogP contribution in [0.1, 0.15) is 62.5 Å². The highest BCUT2D eigenvalue weighted by Crippen LogP contribution is 2.37. The van der Waals surface area contributed by atoms with Gasteiger partial charge < -0.3 is 0 Å². The fourth-order valence-electron chi connectivity index (χ4n) is 2.54. The van der Waals surface area contributed by atoms with Gasteiger partial charge in [0, 0.05) is 6.20 Å². The molecule has 0 unspecified atom stereocenters. The smallest absolute Gasteiger partial charge is 0.0524 e. The quantitative estimate of drug-likeness (QED) is 0.700. The minimum atomic E-state index is 0.743. The average Bonchev–Trinajstić information content (AvgIpc) is 2.98. The molecular formula is C12H18N2. The Hall–Kier alpha value is -0.790. The van der Waals surface area contributed by atoms with Gasteiger partial charge in [-0.15, -0.1) is 0 Å². The van der Waals surface area contributed by atoms with E-state index in [1.54, 1.807) is 0 Å². The van der Waals surface area contributed by atoms with Crippen molar-refractivity contribution in [1.29, 1.82) is 0 Å². The van der Waals surface area contributed by atoms with Gasteiger partial charge in [-0.05, 0) is 37.2 Å². The van der Waals surface area contributed by atoms with Gasteiger partial charge in [0.05, 0.1) is 12.2 Å². The summed E-state index contributed by atoms with van der Waals surface area (Å²) < 4.78 is 2.18. The monoisotopic (exact) mass is 190 g/mol. The zero-order chi connectivity index (χ0) is 9.38. The molecule has 0 aromatic carbocycles. The van der Waals surface area contributed by atoms with E-state index >= 15 is 0 Å². The molecule has 2 nitrogen and oxygen atoms in total. The van der Waals surface area contributed by atoms with Crippen LogP contribution in [0, 0.1) is 0 Å². The third-order valence-electron chi connectivity index (χ3n) is 3.62. The number of rotatable bonds is 2. The minimum absolute atomic E-state index is 0.743. The molecule has 3 rings (SSSR count). The van der Waals surface area contributed by atoms with Crippen LogP contribution in [0.25, 0.3) is 0 Å². The molecule has 76 valence electrons. The van der Waals surface area contributed by atoms with Crippen LogP contribution in [0.5, 0.6) is 0 Å². The summed E-state index contributed by atoms with van der Waals surface area (Å²) in [5.41, 5.74) is 1.50. The van der Waals surface area contributed by atoms with Gasteiger partial charge in [0.15, 0.2) is 0 Å². The molecule has 2 heteroatoms. The normalized spacial score (nSPS) is 24.0. The Morgan fingerprint density at radius 1 is 1.07 bits per heavy atom. The van der Waals surface area contributed by atoms with Gasteiger partial charge in [0.1, 0.15) is 0 Å². The van der Waals surface area contributed by atoms with Crippen LogP contribution in [0.4, 0.5) is 0 Å². The van der Waals surface area contributed by atoms with Crippen LogP contribution in [0.2, 0.25) is 0 Å². The van der Waals surface area contributed by atoms with Crippen molar-refractivity contribution in [2.75, 3.05) is 0 Å². The largest absolute Gasteiger partial charge is 0.269 e. The average molecular weight is 190 g/mol. The highest BCUT2D eigenvalue weighted by atomic mass is 15.3. The summed E-state index contributed by atoms with van der Waals surface area (Å²) in [7, 11) is 0. The maximum absolute atomic E-state index is 4.47. The van der Waals surface area contributed by atoms with E-state index in [0.29, 0.717) is 0 Å². The standard InChI is InChI=1S/C12H18N2/c1-2-4-10(5-3-1)11-8-13-14(9-11)12-6-7-12/h8-10,12H,1-7H2. The van der Waals surface area contributed by atoms with Crippen molar-refractivity contribution in [3.05, 3.63) is 18.0 Å². The summed E-state index contributed by atoms with van der Waals surface area (Å²) in [4.78, 5) is 0. The molecule has 1 aromatic rings. The predicted molar refractivity (Wildman–Crippen MR) is 56.3 cm³/mol. The van der Waals surface area contributed by atoms with Crippen molar-refractivity contribution in [3.8, 4) is 0 Å². The maximum Gasteiger partial charge on any atom is 0.0524 e. The Balaban J connectivity index is 1.74. The van der Waals surface area contributed by atoms with Gasteiger partial charge >= 0.3 is 0 Å². The van der Waals surface area contributed by atoms with E-state index < -0.39 is 0 Å². The van der Waals surface area contributed by atoms with Gasteiger partial charge in [-0.1, -0.05) is 19.3 Å². The van der Waals surface area contributed by atoms with Gasteiger partial charge in [0.25, 0.3) is 0 Å². The third-order valence-corrected chi connectivity index (χ3v) is 3.62. The van der Waals surface area contributed by atoms with Crippen LogP contribution in [-0.2, 0) is 0 Å². The van der Waals surface area contributed by atoms with Gasteiger partial charge in [0.2, 0.25) is 0 Å². The zero-order valence-corrected chi connectivity index (χ0v) is 8.65. The molecule has 0 radical (unpaired) electrons. The Labute approximate surface area is 85.3 Å². The Kier molecular flexibility index (Phi) is 2.07. The Morgan fingerprint density at radius 2 is 1.86 bits per heavy atom. The topological polar surface area (TPSA) is 17.8 Å². The van der Waals surface area contributed by atoms with Crippen molar-refractivity contribution in [2.45, 2.75) is 56.9 Å². The van der Waals surface area contributed by atoms with E-state index in [-0.39, 0.29) is 0 Å². The molecule has 2 saturated carbocycles. The van der Waals surface area contributed by atoms with E-state index in [2.05, 4.69) is 22.2 Å². The molecule has 0 saturated heterocycles. The first kappa shape index (κ1) is 8.51. The molecule has 2 fully saturated rings. The lowest BCUT2D eigenvalue weighted by Crippen LogP contribution is -2.03. The van der Waals surface area contributed by atoms with E-state index in [1.807, 2.05) is 0 Å². The molecular weight excluding hydrogens is 172 g/mol. The van der Waals surface area contributed by atoms with Crippen LogP contribution in [0.15, 0.2) is 12.4 Å². The predicted octanol–water partition coefficient (Wildman–Crippen LogP) is 3.27. The summed E-state index contributed by atoms with van der Waals surface area (Å²) in [5, 5.41) is 4.47. The molecule has 2 aliphatic carbocycles. The molecule has 0 N–H and O–H groups in total. The van der Waals surface area contributed by atoms with E-state index in [4.69, 9.17) is 0 Å². The molecule has 0 spiro atoms. The number of aromatic nitrogens is 2. The van der Waals surface area contributed by atoms with E-state index in [0.717, 1.165) is 12.0 Å². The zero-order valence-electron chi connectivity index (χ0n) is 8.65. The molecule has 14 heavy (non-hydrogen) atoms. The fraction of sp³-hybridized carbons (Fsp3) is 0.750. The SMILES string of the molecule is c1nn(C2CC2)cc1C1CCCCC1. The molecule has 0 amide bonds. The third kappa shape index (κ3) is 1.58. The molecule has 1 aromatic heterocycles. The van der Waals surface area contributed by atoms with Gasteiger partial charge in [-0.2, -0.15) is 5.10 Å². The molecule has 0 aliphatic heterocycles. The van der Waals surface area contributed by atoms with Crippen molar-refractivity contribution in [2.24, 2.45) is 0 Å². The minimum Gasteiger partial charge on any atom is -0.269 e. The first-order valence-electron chi connectivity index (χ1n) is 5.97. The van der Waals surface area contributed by atoms with Crippen LogP contribution in [-0.4, -0.2) is 9.78 Å². The van der Waals surface area contributed by atoms with Crippen molar-refractivity contribution >= 4 is 0 Å². The summed E-state index contributed by atoms with van der Waals surface area (Å²) in [6.07, 6.45) is 14.1. The first-order chi connectivity index (χ1) is 6.93. The lowest BCUT2D eigenvalue weighted by molar-refractivity contribution is 0.443. The summed E-state index contributed by atoms with van der Waals surface area (Å²) in [5.74, 6) is 0.816. The fourth-order valence-corrected chi connectivity index (χ4v) is 2.54. The lowest BCUT2D eigenvalue weighted by atomic mass is 9.86. The Morgan fingerprint density at radius 3 is 2.57 bits per heavy atom. The second-order valence-electron chi connectivity index (χ2n) is 4.82. The van der Waals surface area contributed by atoms with Gasteiger partial charge in [-0.3, -0.25) is 4.68 Å². The molecule has 2 aliphatic rings. The van der Waals surface area contributed by atoms with Crippen molar-refractivity contribution < 1.29 is 0 Å². The van der Waals surface area contributed by atoms with Crippen LogP contribution >= 0.6 is 0 Å². The van der Waals surface area contributed by atoms with Gasteiger partial charge in [-0.25, -0.2) is 0 Å². The lowest BCUT2D eigenvalue weighted by Gasteiger charge is -2.19. The van der Waals surface area contributed by atoms with Crippen LogP contribution < -0.4 is 0 Å². The highest BCUT2D eigenvalue weighted by molar-refractivity contribution is 5.13. The molecule has 0 atom stereocenters. The highest BCUT2D eigenvalue weighted by Gasteiger charge is 2.25. The summed E-state index contributed by atoms with van der Waals surface area (Å²) in [6.45, 7) is 0. The van der Waals surface area contributed by atoms with Crippen molar-refractivity contribution in [3.63, 3.8) is 0 Å². The number of hydrogen-bond donors (Lipinski definition) is 0. The summed E-state index contributed by atoms with van der Waals surface area (Å²) in [6, 6.07) is 0.743. The Bertz CT molecular complexity index is 306. The second kappa shape index (κ2) is 3.41. The van der Waals surface area contributed by atoms with E-state index in [1.165, 1.54) is 50.5 Å². The molecule has 1 heterocycles. The first-order valence-corrected chi connectivity index (χ1v) is 5.97. The van der Waals surface area contributed by atoms with E-state index in [9.17, 15) is 0 Å². The van der Waals surface area contributed by atoms with Crippen LogP contribution in [0.3, 0.4) is 0 Å². The second-order valence-corrected chi connectivity index (χ2v) is 4.82. The molecule has 0 bridgehead atoms. The number of hydrogen-bond acceptors (Lipinski definition) is 1. The summed E-state index contributed by atoms with van der Waals surface area (Å²) >= 11 is 0. The van der Waals surface area contributed by atoms with Crippen molar-refractivity contribution in [1.82, 2.24) is 9.78 Å².